The van der Waals surface area contributed by atoms with E-state index in [0.717, 1.165) is 38.5 Å². The smallest absolute Gasteiger partial charge is 0.305 e. The second-order valence-corrected chi connectivity index (χ2v) is 4.24. The summed E-state index contributed by atoms with van der Waals surface area (Å²) < 4.78 is 4.56. The number of ether oxygens (including phenoxy) is 1. The minimum absolute atomic E-state index is 0.129. The summed E-state index contributed by atoms with van der Waals surface area (Å²) in [6, 6.07) is 0. The van der Waals surface area contributed by atoms with E-state index in [4.69, 9.17) is 0 Å². The molecule has 16 heavy (non-hydrogen) atoms. The Hall–Kier alpha value is -0.860. The van der Waals surface area contributed by atoms with Crippen molar-refractivity contribution >= 4 is 11.8 Å². The maximum absolute atomic E-state index is 11.2. The van der Waals surface area contributed by atoms with Crippen LogP contribution in [-0.2, 0) is 14.3 Å². The van der Waals surface area contributed by atoms with Gasteiger partial charge in [0.05, 0.1) is 7.11 Å². The molecule has 1 unspecified atom stereocenters. The Bertz CT molecular complexity index is 211. The first-order chi connectivity index (χ1) is 7.61. The molecule has 0 aromatic heterocycles. The van der Waals surface area contributed by atoms with E-state index in [1.165, 1.54) is 7.11 Å². The average molecular weight is 228 g/mol. The molecule has 1 atom stereocenters. The van der Waals surface area contributed by atoms with Crippen LogP contribution in [-0.4, -0.2) is 18.9 Å². The van der Waals surface area contributed by atoms with Crippen molar-refractivity contribution in [2.45, 2.75) is 58.8 Å². The van der Waals surface area contributed by atoms with Gasteiger partial charge < -0.3 is 4.74 Å². The summed E-state index contributed by atoms with van der Waals surface area (Å²) in [5.41, 5.74) is 0. The van der Waals surface area contributed by atoms with Crippen LogP contribution < -0.4 is 0 Å². The number of carbonyl (C=O) groups excluding carboxylic acids is 2. The fourth-order valence-corrected chi connectivity index (χ4v) is 1.81. The first-order valence-corrected chi connectivity index (χ1v) is 6.19. The van der Waals surface area contributed by atoms with Crippen LogP contribution in [0.4, 0.5) is 0 Å². The number of unbranched alkanes of at least 4 members (excludes halogenated alkanes) is 3. The number of hydrogen-bond donors (Lipinski definition) is 0. The van der Waals surface area contributed by atoms with Crippen molar-refractivity contribution in [1.82, 2.24) is 0 Å². The van der Waals surface area contributed by atoms with Crippen molar-refractivity contribution in [2.24, 2.45) is 5.92 Å². The third kappa shape index (κ3) is 7.43. The fraction of sp³-hybridized carbons (Fsp3) is 0.846. The van der Waals surface area contributed by atoms with Crippen molar-refractivity contribution < 1.29 is 14.3 Å². The number of methoxy groups -OCH3 is 1. The van der Waals surface area contributed by atoms with E-state index < -0.39 is 0 Å². The van der Waals surface area contributed by atoms with E-state index in [0.29, 0.717) is 12.2 Å². The zero-order chi connectivity index (χ0) is 12.4. The Labute approximate surface area is 98.6 Å². The van der Waals surface area contributed by atoms with Gasteiger partial charge in [-0.05, 0) is 26.2 Å². The maximum Gasteiger partial charge on any atom is 0.305 e. The summed E-state index contributed by atoms with van der Waals surface area (Å²) in [7, 11) is 1.42. The Balaban J connectivity index is 3.39. The Morgan fingerprint density at radius 1 is 1.12 bits per heavy atom. The topological polar surface area (TPSA) is 43.4 Å². The number of esters is 1. The molecular formula is C13H24O3. The highest BCUT2D eigenvalue weighted by Gasteiger charge is 2.10. The highest BCUT2D eigenvalue weighted by Crippen LogP contribution is 2.15. The molecule has 3 nitrogen and oxygen atoms in total. The maximum atomic E-state index is 11.2. The van der Waals surface area contributed by atoms with Gasteiger partial charge in [-0.25, -0.2) is 0 Å². The van der Waals surface area contributed by atoms with Crippen LogP contribution in [0, 0.1) is 5.92 Å². The first kappa shape index (κ1) is 15.1. The largest absolute Gasteiger partial charge is 0.469 e. The van der Waals surface area contributed by atoms with Crippen LogP contribution in [0.25, 0.3) is 0 Å². The van der Waals surface area contributed by atoms with Gasteiger partial charge >= 0.3 is 5.97 Å². The summed E-state index contributed by atoms with van der Waals surface area (Å²) in [6.45, 7) is 3.73. The molecule has 0 radical (unpaired) electrons. The van der Waals surface area contributed by atoms with Crippen molar-refractivity contribution in [1.29, 1.82) is 0 Å². The van der Waals surface area contributed by atoms with Crippen molar-refractivity contribution in [3.63, 3.8) is 0 Å². The number of Topliss-reactive ketones (excluding diaryl/α,β-unsaturated/α-hetero) is 1. The Morgan fingerprint density at radius 3 is 2.25 bits per heavy atom. The van der Waals surface area contributed by atoms with Crippen molar-refractivity contribution in [3.8, 4) is 0 Å². The minimum atomic E-state index is -0.129. The molecule has 0 bridgehead atoms. The van der Waals surface area contributed by atoms with Gasteiger partial charge in [0.1, 0.15) is 5.78 Å². The number of carbonyl (C=O) groups is 2. The van der Waals surface area contributed by atoms with Crippen LogP contribution in [0.1, 0.15) is 58.8 Å². The number of ketones is 1. The lowest BCUT2D eigenvalue weighted by Gasteiger charge is -2.10. The van der Waals surface area contributed by atoms with Gasteiger partial charge in [-0.3, -0.25) is 9.59 Å². The van der Waals surface area contributed by atoms with Gasteiger partial charge in [-0.2, -0.15) is 0 Å². The van der Waals surface area contributed by atoms with Crippen LogP contribution in [0.2, 0.25) is 0 Å². The van der Waals surface area contributed by atoms with Crippen LogP contribution in [0.15, 0.2) is 0 Å². The summed E-state index contributed by atoms with van der Waals surface area (Å²) >= 11 is 0. The summed E-state index contributed by atoms with van der Waals surface area (Å²) in [4.78, 5) is 22.0. The van der Waals surface area contributed by atoms with Crippen molar-refractivity contribution in [3.05, 3.63) is 0 Å². The Morgan fingerprint density at radius 2 is 1.75 bits per heavy atom. The van der Waals surface area contributed by atoms with E-state index >= 15 is 0 Å². The zero-order valence-corrected chi connectivity index (χ0v) is 10.8. The summed E-state index contributed by atoms with van der Waals surface area (Å²) in [6.07, 6.45) is 6.56. The molecule has 0 heterocycles. The molecule has 0 fully saturated rings. The monoisotopic (exact) mass is 228 g/mol. The number of rotatable bonds is 9. The van der Waals surface area contributed by atoms with Crippen LogP contribution in [0.5, 0.6) is 0 Å². The molecular weight excluding hydrogens is 204 g/mol. The Kier molecular flexibility index (Phi) is 8.87. The molecule has 0 aromatic rings. The normalized spacial score (nSPS) is 12.2. The zero-order valence-electron chi connectivity index (χ0n) is 10.8. The van der Waals surface area contributed by atoms with Gasteiger partial charge in [0, 0.05) is 12.3 Å². The highest BCUT2D eigenvalue weighted by atomic mass is 16.5. The fourth-order valence-electron chi connectivity index (χ4n) is 1.81. The third-order valence-corrected chi connectivity index (χ3v) is 2.98. The van der Waals surface area contributed by atoms with Gasteiger partial charge in [0.25, 0.3) is 0 Å². The van der Waals surface area contributed by atoms with Crippen LogP contribution in [0.3, 0.4) is 0 Å². The molecule has 0 aromatic carbocycles. The molecule has 0 amide bonds. The lowest BCUT2D eigenvalue weighted by Crippen LogP contribution is -2.09. The molecule has 0 N–H and O–H groups in total. The molecule has 0 aliphatic rings. The average Bonchev–Trinajstić information content (AvgIpc) is 2.27. The lowest BCUT2D eigenvalue weighted by molar-refractivity contribution is -0.140. The second-order valence-electron chi connectivity index (χ2n) is 4.24. The first-order valence-electron chi connectivity index (χ1n) is 6.19. The molecule has 0 spiro atoms. The second kappa shape index (κ2) is 9.37. The molecule has 0 aliphatic carbocycles. The molecule has 0 saturated heterocycles. The standard InChI is InChI=1S/C13H24O3/c1-4-12(11(2)14)9-7-5-6-8-10-13(15)16-3/h12H,4-10H2,1-3H3. The van der Waals surface area contributed by atoms with E-state index in [9.17, 15) is 9.59 Å². The summed E-state index contributed by atoms with van der Waals surface area (Å²) in [5.74, 6) is 0.410. The lowest BCUT2D eigenvalue weighted by atomic mass is 9.95. The SMILES string of the molecule is CCC(CCCCCCC(=O)OC)C(C)=O. The quantitative estimate of drug-likeness (QED) is 0.450. The van der Waals surface area contributed by atoms with E-state index in [-0.39, 0.29) is 11.9 Å². The highest BCUT2D eigenvalue weighted by molar-refractivity contribution is 5.78. The van der Waals surface area contributed by atoms with Gasteiger partial charge in [0.2, 0.25) is 0 Å². The van der Waals surface area contributed by atoms with Gasteiger partial charge in [0.15, 0.2) is 0 Å². The van der Waals surface area contributed by atoms with Gasteiger partial charge in [-0.1, -0.05) is 26.2 Å². The molecule has 3 heteroatoms. The predicted molar refractivity (Wildman–Crippen MR) is 64.2 cm³/mol. The van der Waals surface area contributed by atoms with Gasteiger partial charge in [-0.15, -0.1) is 0 Å². The van der Waals surface area contributed by atoms with E-state index in [1.807, 2.05) is 0 Å². The molecule has 0 rings (SSSR count). The summed E-state index contributed by atoms with van der Waals surface area (Å²) in [5, 5.41) is 0. The van der Waals surface area contributed by atoms with Crippen molar-refractivity contribution in [2.75, 3.05) is 7.11 Å². The van der Waals surface area contributed by atoms with E-state index in [1.54, 1.807) is 6.92 Å². The molecule has 94 valence electrons. The molecule has 0 saturated carbocycles. The third-order valence-electron chi connectivity index (χ3n) is 2.98. The van der Waals surface area contributed by atoms with E-state index in [2.05, 4.69) is 11.7 Å². The predicted octanol–water partition coefficient (Wildman–Crippen LogP) is 3.12. The molecule has 0 aliphatic heterocycles. The minimum Gasteiger partial charge on any atom is -0.469 e. The van der Waals surface area contributed by atoms with Crippen LogP contribution >= 0.6 is 0 Å². The number of hydrogen-bond acceptors (Lipinski definition) is 3.